The maximum atomic E-state index is 12.4. The molecule has 0 radical (unpaired) electrons. The lowest BCUT2D eigenvalue weighted by Crippen LogP contribution is -2.62. The van der Waals surface area contributed by atoms with Crippen LogP contribution in [0.25, 0.3) is 0 Å². The molecule has 0 aromatic carbocycles. The van der Waals surface area contributed by atoms with Gasteiger partial charge in [-0.1, -0.05) is 13.0 Å². The topological polar surface area (TPSA) is 49.4 Å². The predicted molar refractivity (Wildman–Crippen MR) is 71.3 cm³/mol. The highest BCUT2D eigenvalue weighted by Crippen LogP contribution is 2.29. The van der Waals surface area contributed by atoms with Gasteiger partial charge in [-0.15, -0.1) is 11.3 Å². The summed E-state index contributed by atoms with van der Waals surface area (Å²) in [5, 5.41) is 4.76. The van der Waals surface area contributed by atoms with Gasteiger partial charge in [-0.25, -0.2) is 0 Å². The van der Waals surface area contributed by atoms with Crippen molar-refractivity contribution in [3.05, 3.63) is 22.4 Å². The first-order valence-electron chi connectivity index (χ1n) is 6.22. The van der Waals surface area contributed by atoms with Gasteiger partial charge in [-0.05, 0) is 31.7 Å². The zero-order chi connectivity index (χ0) is 13.3. The fourth-order valence-corrected chi connectivity index (χ4v) is 3.10. The summed E-state index contributed by atoms with van der Waals surface area (Å²) in [4.78, 5) is 27.1. The minimum Gasteiger partial charge on any atom is -0.343 e. The molecule has 1 saturated heterocycles. The summed E-state index contributed by atoms with van der Waals surface area (Å²) in [6.07, 6.45) is 0.630. The fraction of sp³-hybridized carbons (Fsp3) is 0.538. The normalized spacial score (nSPS) is 26.1. The van der Waals surface area contributed by atoms with Crippen molar-refractivity contribution < 1.29 is 9.59 Å². The number of hydrogen-bond acceptors (Lipinski definition) is 3. The SMILES string of the molecule is CCC1NC(=O)C(C)N(C(C)c2cccs2)C1=O. The molecular formula is C13H18N2O2S. The van der Waals surface area contributed by atoms with E-state index < -0.39 is 6.04 Å². The van der Waals surface area contributed by atoms with Gasteiger partial charge >= 0.3 is 0 Å². The highest BCUT2D eigenvalue weighted by Gasteiger charge is 2.40. The van der Waals surface area contributed by atoms with Crippen molar-refractivity contribution in [1.82, 2.24) is 10.2 Å². The first kappa shape index (κ1) is 13.1. The largest absolute Gasteiger partial charge is 0.343 e. The van der Waals surface area contributed by atoms with E-state index in [9.17, 15) is 9.59 Å². The van der Waals surface area contributed by atoms with Crippen molar-refractivity contribution in [2.24, 2.45) is 0 Å². The molecule has 3 unspecified atom stereocenters. The lowest BCUT2D eigenvalue weighted by Gasteiger charge is -2.40. The van der Waals surface area contributed by atoms with E-state index in [4.69, 9.17) is 0 Å². The van der Waals surface area contributed by atoms with Crippen molar-refractivity contribution in [3.63, 3.8) is 0 Å². The van der Waals surface area contributed by atoms with Crippen LogP contribution in [0.15, 0.2) is 17.5 Å². The van der Waals surface area contributed by atoms with Gasteiger partial charge in [0.1, 0.15) is 12.1 Å². The number of carbonyl (C=O) groups is 2. The minimum absolute atomic E-state index is 0.0190. The highest BCUT2D eigenvalue weighted by molar-refractivity contribution is 7.10. The number of nitrogens with zero attached hydrogens (tertiary/aromatic N) is 1. The molecule has 98 valence electrons. The van der Waals surface area contributed by atoms with Crippen molar-refractivity contribution >= 4 is 23.2 Å². The van der Waals surface area contributed by atoms with Crippen molar-refractivity contribution in [3.8, 4) is 0 Å². The Bertz CT molecular complexity index is 444. The first-order valence-corrected chi connectivity index (χ1v) is 7.10. The van der Waals surface area contributed by atoms with Gasteiger partial charge < -0.3 is 10.2 Å². The maximum absolute atomic E-state index is 12.4. The van der Waals surface area contributed by atoms with Crippen molar-refractivity contribution in [1.29, 1.82) is 0 Å². The smallest absolute Gasteiger partial charge is 0.246 e. The third-order valence-corrected chi connectivity index (χ3v) is 4.49. The standard InChI is InChI=1S/C13H18N2O2S/c1-4-10-13(17)15(9(3)12(16)14-10)8(2)11-6-5-7-18-11/h5-10H,4H2,1-3H3,(H,14,16). The molecule has 18 heavy (non-hydrogen) atoms. The van der Waals surface area contributed by atoms with Crippen LogP contribution in [-0.4, -0.2) is 28.8 Å². The molecule has 0 aliphatic carbocycles. The number of piperazine rings is 1. The lowest BCUT2D eigenvalue weighted by molar-refractivity contribution is -0.151. The van der Waals surface area contributed by atoms with Gasteiger partial charge in [0.15, 0.2) is 0 Å². The molecular weight excluding hydrogens is 248 g/mol. The van der Waals surface area contributed by atoms with E-state index in [0.717, 1.165) is 4.88 Å². The number of hydrogen-bond donors (Lipinski definition) is 1. The Morgan fingerprint density at radius 2 is 2.22 bits per heavy atom. The summed E-state index contributed by atoms with van der Waals surface area (Å²) in [5.74, 6) is -0.0460. The summed E-state index contributed by atoms with van der Waals surface area (Å²) in [6, 6.07) is 3.14. The average Bonchev–Trinajstić information content (AvgIpc) is 2.87. The van der Waals surface area contributed by atoms with E-state index in [1.165, 1.54) is 0 Å². The van der Waals surface area contributed by atoms with E-state index >= 15 is 0 Å². The molecule has 1 fully saturated rings. The van der Waals surface area contributed by atoms with Gasteiger partial charge in [0.05, 0.1) is 6.04 Å². The summed E-state index contributed by atoms with van der Waals surface area (Å²) in [6.45, 7) is 5.67. The van der Waals surface area contributed by atoms with Crippen molar-refractivity contribution in [2.45, 2.75) is 45.3 Å². The van der Waals surface area contributed by atoms with Crippen LogP contribution in [0.2, 0.25) is 0 Å². The molecule has 1 aliphatic rings. The zero-order valence-corrected chi connectivity index (χ0v) is 11.7. The second-order valence-corrected chi connectivity index (χ2v) is 5.56. The average molecular weight is 266 g/mol. The Hall–Kier alpha value is -1.36. The first-order chi connectivity index (χ1) is 8.56. The number of nitrogens with one attached hydrogen (secondary N) is 1. The Balaban J connectivity index is 2.28. The monoisotopic (exact) mass is 266 g/mol. The van der Waals surface area contributed by atoms with E-state index in [2.05, 4.69) is 5.32 Å². The van der Waals surface area contributed by atoms with Crippen LogP contribution in [0.5, 0.6) is 0 Å². The lowest BCUT2D eigenvalue weighted by atomic mass is 10.0. The molecule has 2 amide bonds. The van der Waals surface area contributed by atoms with Crippen molar-refractivity contribution in [2.75, 3.05) is 0 Å². The quantitative estimate of drug-likeness (QED) is 0.909. The second kappa shape index (κ2) is 5.10. The van der Waals surface area contributed by atoms with Crippen LogP contribution in [0.1, 0.15) is 38.1 Å². The molecule has 2 rings (SSSR count). The number of thiophene rings is 1. The fourth-order valence-electron chi connectivity index (χ4n) is 2.32. The Morgan fingerprint density at radius 1 is 1.50 bits per heavy atom. The predicted octanol–water partition coefficient (Wildman–Crippen LogP) is 1.93. The van der Waals surface area contributed by atoms with Gasteiger partial charge in [0, 0.05) is 4.88 Å². The molecule has 4 nitrogen and oxygen atoms in total. The Morgan fingerprint density at radius 3 is 2.78 bits per heavy atom. The number of carbonyl (C=O) groups excluding carboxylic acids is 2. The third-order valence-electron chi connectivity index (χ3n) is 3.45. The molecule has 1 aliphatic heterocycles. The van der Waals surface area contributed by atoms with Gasteiger partial charge in [-0.3, -0.25) is 9.59 Å². The molecule has 0 bridgehead atoms. The van der Waals surface area contributed by atoms with E-state index in [1.54, 1.807) is 23.2 Å². The maximum Gasteiger partial charge on any atom is 0.246 e. The molecule has 5 heteroatoms. The summed E-state index contributed by atoms with van der Waals surface area (Å²) in [7, 11) is 0. The van der Waals surface area contributed by atoms with Gasteiger partial charge in [0.25, 0.3) is 0 Å². The van der Waals surface area contributed by atoms with E-state index in [1.807, 2.05) is 31.4 Å². The summed E-state index contributed by atoms with van der Waals surface area (Å²) in [5.41, 5.74) is 0. The molecule has 0 saturated carbocycles. The minimum atomic E-state index is -0.405. The third kappa shape index (κ3) is 2.14. The zero-order valence-electron chi connectivity index (χ0n) is 10.8. The van der Waals surface area contributed by atoms with Crippen LogP contribution >= 0.6 is 11.3 Å². The number of rotatable bonds is 3. The second-order valence-electron chi connectivity index (χ2n) is 4.58. The molecule has 2 heterocycles. The Labute approximate surface area is 111 Å². The highest BCUT2D eigenvalue weighted by atomic mass is 32.1. The molecule has 3 atom stereocenters. The molecule has 0 spiro atoms. The van der Waals surface area contributed by atoms with Crippen LogP contribution in [0, 0.1) is 0 Å². The summed E-state index contributed by atoms with van der Waals surface area (Å²) >= 11 is 1.61. The van der Waals surface area contributed by atoms with E-state index in [0.29, 0.717) is 6.42 Å². The van der Waals surface area contributed by atoms with Crippen LogP contribution < -0.4 is 5.32 Å². The van der Waals surface area contributed by atoms with Gasteiger partial charge in [-0.2, -0.15) is 0 Å². The molecule has 1 N–H and O–H groups in total. The number of amides is 2. The Kier molecular flexibility index (Phi) is 3.71. The summed E-state index contributed by atoms with van der Waals surface area (Å²) < 4.78 is 0. The van der Waals surface area contributed by atoms with Crippen LogP contribution in [0.3, 0.4) is 0 Å². The molecule has 1 aromatic rings. The van der Waals surface area contributed by atoms with E-state index in [-0.39, 0.29) is 23.9 Å². The molecule has 1 aromatic heterocycles. The van der Waals surface area contributed by atoms with Crippen LogP contribution in [-0.2, 0) is 9.59 Å². The van der Waals surface area contributed by atoms with Gasteiger partial charge in [0.2, 0.25) is 11.8 Å². The van der Waals surface area contributed by atoms with Crippen LogP contribution in [0.4, 0.5) is 0 Å².